The van der Waals surface area contributed by atoms with Crippen molar-refractivity contribution >= 4 is 11.8 Å². The van der Waals surface area contributed by atoms with Crippen LogP contribution in [0.4, 0.5) is 4.39 Å². The van der Waals surface area contributed by atoms with Crippen LogP contribution in [0, 0.1) is 18.7 Å². The molecule has 1 atom stereocenters. The van der Waals surface area contributed by atoms with E-state index < -0.39 is 5.82 Å². The van der Waals surface area contributed by atoms with Crippen LogP contribution in [0.5, 0.6) is 0 Å². The average molecular weight is 416 g/mol. The van der Waals surface area contributed by atoms with Crippen molar-refractivity contribution in [1.82, 2.24) is 10.2 Å². The number of aryl methyl sites for hydroxylation is 1. The fourth-order valence-electron chi connectivity index (χ4n) is 4.02. The molecule has 2 amide bonds. The normalized spacial score (nSPS) is 16.5. The van der Waals surface area contributed by atoms with Crippen LogP contribution < -0.4 is 5.32 Å². The van der Waals surface area contributed by atoms with Gasteiger partial charge in [0.25, 0.3) is 5.91 Å². The number of carbonyl (C=O) groups excluding carboxylic acids is 2. The highest BCUT2D eigenvalue weighted by Crippen LogP contribution is 2.27. The molecule has 1 aliphatic rings. The lowest BCUT2D eigenvalue weighted by Gasteiger charge is -2.24. The first-order valence-electron chi connectivity index (χ1n) is 10.5. The zero-order chi connectivity index (χ0) is 21.8. The van der Waals surface area contributed by atoms with Gasteiger partial charge in [0.1, 0.15) is 5.82 Å². The Morgan fingerprint density at radius 3 is 2.61 bits per heavy atom. The van der Waals surface area contributed by atoms with Crippen molar-refractivity contribution in [2.45, 2.75) is 13.3 Å². The van der Waals surface area contributed by atoms with E-state index in [9.17, 15) is 14.0 Å². The van der Waals surface area contributed by atoms with Crippen molar-refractivity contribution in [1.29, 1.82) is 0 Å². The molecule has 0 bridgehead atoms. The number of nitrogens with zero attached hydrogens (tertiary/aromatic N) is 1. The summed E-state index contributed by atoms with van der Waals surface area (Å²) in [6.45, 7) is 3.13. The lowest BCUT2D eigenvalue weighted by atomic mass is 9.91. The van der Waals surface area contributed by atoms with Crippen molar-refractivity contribution in [3.05, 3.63) is 95.3 Å². The third-order valence-corrected chi connectivity index (χ3v) is 5.70. The molecule has 0 radical (unpaired) electrons. The van der Waals surface area contributed by atoms with Gasteiger partial charge in [-0.15, -0.1) is 0 Å². The van der Waals surface area contributed by atoms with Crippen LogP contribution >= 0.6 is 0 Å². The molecule has 0 saturated carbocycles. The predicted molar refractivity (Wildman–Crippen MR) is 119 cm³/mol. The van der Waals surface area contributed by atoms with Gasteiger partial charge < -0.3 is 10.2 Å². The molecule has 5 heteroatoms. The van der Waals surface area contributed by atoms with E-state index in [2.05, 4.69) is 42.6 Å². The molecular weight excluding hydrogens is 391 g/mol. The molecule has 158 valence electrons. The number of halogens is 1. The van der Waals surface area contributed by atoms with Gasteiger partial charge in [-0.3, -0.25) is 9.59 Å². The van der Waals surface area contributed by atoms with Gasteiger partial charge in [0.15, 0.2) is 0 Å². The van der Waals surface area contributed by atoms with Crippen molar-refractivity contribution in [3.63, 3.8) is 0 Å². The quantitative estimate of drug-likeness (QED) is 0.692. The van der Waals surface area contributed by atoms with Gasteiger partial charge in [-0.25, -0.2) is 4.39 Å². The SMILES string of the molecule is Cc1ccc(-c2ccccc2C[C@@H]2CN(C(=O)c3cccc(F)c3)CCNC2=O)cc1. The summed E-state index contributed by atoms with van der Waals surface area (Å²) in [5.74, 6) is -1.15. The maximum absolute atomic E-state index is 13.6. The van der Waals surface area contributed by atoms with E-state index in [-0.39, 0.29) is 17.7 Å². The Morgan fingerprint density at radius 2 is 1.84 bits per heavy atom. The van der Waals surface area contributed by atoms with Gasteiger partial charge in [0, 0.05) is 25.2 Å². The predicted octanol–water partition coefficient (Wildman–Crippen LogP) is 4.23. The van der Waals surface area contributed by atoms with Crippen LogP contribution in [-0.4, -0.2) is 36.3 Å². The number of amides is 2. The van der Waals surface area contributed by atoms with Gasteiger partial charge in [0.05, 0.1) is 5.92 Å². The van der Waals surface area contributed by atoms with Gasteiger partial charge in [-0.1, -0.05) is 60.2 Å². The highest BCUT2D eigenvalue weighted by Gasteiger charge is 2.29. The number of carbonyl (C=O) groups is 2. The van der Waals surface area contributed by atoms with Gasteiger partial charge in [0.2, 0.25) is 5.91 Å². The molecule has 4 rings (SSSR count). The Hall–Kier alpha value is -3.47. The van der Waals surface area contributed by atoms with Crippen LogP contribution in [0.1, 0.15) is 21.5 Å². The average Bonchev–Trinajstić information content (AvgIpc) is 2.96. The number of nitrogens with one attached hydrogen (secondary N) is 1. The van der Waals surface area contributed by atoms with Crippen LogP contribution in [0.3, 0.4) is 0 Å². The third-order valence-electron chi connectivity index (χ3n) is 5.70. The summed E-state index contributed by atoms with van der Waals surface area (Å²) in [7, 11) is 0. The zero-order valence-electron chi connectivity index (χ0n) is 17.5. The van der Waals surface area contributed by atoms with Crippen LogP contribution in [0.25, 0.3) is 11.1 Å². The number of benzene rings is 3. The van der Waals surface area contributed by atoms with Crippen LogP contribution in [-0.2, 0) is 11.2 Å². The van der Waals surface area contributed by atoms with Crippen molar-refractivity contribution in [2.75, 3.05) is 19.6 Å². The second kappa shape index (κ2) is 9.13. The molecule has 1 fully saturated rings. The van der Waals surface area contributed by atoms with E-state index in [1.807, 2.05) is 18.2 Å². The zero-order valence-corrected chi connectivity index (χ0v) is 17.5. The minimum atomic E-state index is -0.446. The molecular formula is C26H25FN2O2. The lowest BCUT2D eigenvalue weighted by Crippen LogP contribution is -2.37. The van der Waals surface area contributed by atoms with E-state index in [1.165, 1.54) is 23.8 Å². The van der Waals surface area contributed by atoms with E-state index in [0.717, 1.165) is 16.7 Å². The molecule has 0 spiro atoms. The molecule has 3 aromatic rings. The molecule has 1 saturated heterocycles. The molecule has 0 aliphatic carbocycles. The highest BCUT2D eigenvalue weighted by atomic mass is 19.1. The number of hydrogen-bond acceptors (Lipinski definition) is 2. The molecule has 1 heterocycles. The van der Waals surface area contributed by atoms with Crippen LogP contribution in [0.2, 0.25) is 0 Å². The second-order valence-corrected chi connectivity index (χ2v) is 7.98. The maximum atomic E-state index is 13.6. The molecule has 1 aliphatic heterocycles. The van der Waals surface area contributed by atoms with Gasteiger partial charge in [-0.2, -0.15) is 0 Å². The standard InChI is InChI=1S/C26H25FN2O2/c1-18-9-11-19(12-10-18)24-8-3-2-5-20(24)15-22-17-29(14-13-28-25(22)30)26(31)21-6-4-7-23(27)16-21/h2-12,16,22H,13-15,17H2,1H3,(H,28,30)/t22-/m1/s1. The Bertz CT molecular complexity index is 1090. The van der Waals surface area contributed by atoms with Crippen molar-refractivity contribution < 1.29 is 14.0 Å². The van der Waals surface area contributed by atoms with Crippen molar-refractivity contribution in [2.24, 2.45) is 5.92 Å². The first-order chi connectivity index (χ1) is 15.0. The summed E-state index contributed by atoms with van der Waals surface area (Å²) in [6.07, 6.45) is 0.517. The van der Waals surface area contributed by atoms with Crippen LogP contribution in [0.15, 0.2) is 72.8 Å². The molecule has 0 aromatic heterocycles. The summed E-state index contributed by atoms with van der Waals surface area (Å²) in [6, 6.07) is 22.1. The molecule has 4 nitrogen and oxygen atoms in total. The first kappa shape index (κ1) is 20.8. The molecule has 0 unspecified atom stereocenters. The number of hydrogen-bond donors (Lipinski definition) is 1. The summed E-state index contributed by atoms with van der Waals surface area (Å²) in [5, 5.41) is 2.92. The monoisotopic (exact) mass is 416 g/mol. The van der Waals surface area contributed by atoms with E-state index in [4.69, 9.17) is 0 Å². The van der Waals surface area contributed by atoms with Gasteiger partial charge in [-0.05, 0) is 48.2 Å². The fraction of sp³-hybridized carbons (Fsp3) is 0.231. The van der Waals surface area contributed by atoms with Crippen molar-refractivity contribution in [3.8, 4) is 11.1 Å². The molecule has 3 aromatic carbocycles. The largest absolute Gasteiger partial charge is 0.354 e. The minimum Gasteiger partial charge on any atom is -0.354 e. The summed E-state index contributed by atoms with van der Waals surface area (Å²) < 4.78 is 13.6. The highest BCUT2D eigenvalue weighted by molar-refractivity contribution is 5.95. The Kier molecular flexibility index (Phi) is 6.12. The lowest BCUT2D eigenvalue weighted by molar-refractivity contribution is -0.124. The summed E-state index contributed by atoms with van der Waals surface area (Å²) >= 11 is 0. The number of rotatable bonds is 4. The Morgan fingerprint density at radius 1 is 1.06 bits per heavy atom. The Labute approximate surface area is 181 Å². The topological polar surface area (TPSA) is 49.4 Å². The van der Waals surface area contributed by atoms with Gasteiger partial charge >= 0.3 is 0 Å². The third kappa shape index (κ3) is 4.82. The first-order valence-corrected chi connectivity index (χ1v) is 10.5. The molecule has 1 N–H and O–H groups in total. The Balaban J connectivity index is 1.58. The van der Waals surface area contributed by atoms with E-state index in [0.29, 0.717) is 31.6 Å². The maximum Gasteiger partial charge on any atom is 0.254 e. The molecule has 31 heavy (non-hydrogen) atoms. The smallest absolute Gasteiger partial charge is 0.254 e. The fourth-order valence-corrected chi connectivity index (χ4v) is 4.02. The van der Waals surface area contributed by atoms with E-state index >= 15 is 0 Å². The summed E-state index contributed by atoms with van der Waals surface area (Å²) in [4.78, 5) is 27.4. The summed E-state index contributed by atoms with van der Waals surface area (Å²) in [5.41, 5.74) is 4.74. The van der Waals surface area contributed by atoms with E-state index in [1.54, 1.807) is 11.0 Å². The second-order valence-electron chi connectivity index (χ2n) is 7.98. The minimum absolute atomic E-state index is 0.0618.